The van der Waals surface area contributed by atoms with Crippen LogP contribution in [-0.4, -0.2) is 24.4 Å². The van der Waals surface area contributed by atoms with Crippen LogP contribution >= 0.6 is 11.6 Å². The van der Waals surface area contributed by atoms with E-state index in [0.29, 0.717) is 22.4 Å². The maximum absolute atomic E-state index is 12.0. The highest BCUT2D eigenvalue weighted by atomic mass is 35.5. The molecule has 0 bridgehead atoms. The van der Waals surface area contributed by atoms with Gasteiger partial charge in [-0.3, -0.25) is 9.59 Å². The van der Waals surface area contributed by atoms with Gasteiger partial charge in [0.2, 0.25) is 5.91 Å². The summed E-state index contributed by atoms with van der Waals surface area (Å²) >= 11 is 5.96. The van der Waals surface area contributed by atoms with Crippen LogP contribution in [0.1, 0.15) is 43.5 Å². The zero-order valence-electron chi connectivity index (χ0n) is 13.1. The van der Waals surface area contributed by atoms with Gasteiger partial charge in [-0.15, -0.1) is 0 Å². The molecule has 2 N–H and O–H groups in total. The summed E-state index contributed by atoms with van der Waals surface area (Å²) in [6.45, 7) is 4.38. The standard InChI is InChI=1S/C17H23ClN2O2/c1-11-6-5-9-15(12(11)2)20-16(21)10-19-17(22)13-7-3-4-8-14(13)18/h3-4,7-8,11-12,15H,5-6,9-10H2,1-2H3,(H,19,22)(H,20,21)/t11-,12-,15+/m1/s1. The lowest BCUT2D eigenvalue weighted by Crippen LogP contribution is -2.47. The van der Waals surface area contributed by atoms with E-state index >= 15 is 0 Å². The van der Waals surface area contributed by atoms with Crippen molar-refractivity contribution in [1.82, 2.24) is 10.6 Å². The predicted molar refractivity (Wildman–Crippen MR) is 87.9 cm³/mol. The smallest absolute Gasteiger partial charge is 0.253 e. The molecule has 5 heteroatoms. The molecule has 0 heterocycles. The molecule has 2 amide bonds. The van der Waals surface area contributed by atoms with Gasteiger partial charge in [-0.25, -0.2) is 0 Å². The van der Waals surface area contributed by atoms with Crippen LogP contribution in [0.5, 0.6) is 0 Å². The highest BCUT2D eigenvalue weighted by Crippen LogP contribution is 2.29. The van der Waals surface area contributed by atoms with Gasteiger partial charge in [0.15, 0.2) is 0 Å². The molecule has 0 aromatic heterocycles. The number of nitrogens with one attached hydrogen (secondary N) is 2. The van der Waals surface area contributed by atoms with Crippen LogP contribution in [0.25, 0.3) is 0 Å². The summed E-state index contributed by atoms with van der Waals surface area (Å²) in [6, 6.07) is 7.00. The molecule has 22 heavy (non-hydrogen) atoms. The first kappa shape index (κ1) is 16.8. The van der Waals surface area contributed by atoms with Crippen LogP contribution in [0.2, 0.25) is 5.02 Å². The van der Waals surface area contributed by atoms with Crippen LogP contribution in [0.3, 0.4) is 0 Å². The van der Waals surface area contributed by atoms with Crippen molar-refractivity contribution in [3.63, 3.8) is 0 Å². The minimum Gasteiger partial charge on any atom is -0.352 e. The molecule has 4 nitrogen and oxygen atoms in total. The van der Waals surface area contributed by atoms with Crippen molar-refractivity contribution in [2.45, 2.75) is 39.2 Å². The quantitative estimate of drug-likeness (QED) is 0.895. The summed E-state index contributed by atoms with van der Waals surface area (Å²) in [5.41, 5.74) is 0.386. The highest BCUT2D eigenvalue weighted by molar-refractivity contribution is 6.33. The average molecular weight is 323 g/mol. The number of hydrogen-bond acceptors (Lipinski definition) is 2. The molecule has 1 aliphatic rings. The summed E-state index contributed by atoms with van der Waals surface area (Å²) in [5.74, 6) is 0.617. The van der Waals surface area contributed by atoms with E-state index in [2.05, 4.69) is 24.5 Å². The topological polar surface area (TPSA) is 58.2 Å². The second-order valence-electron chi connectivity index (χ2n) is 6.10. The second kappa shape index (κ2) is 7.63. The molecule has 2 rings (SSSR count). The largest absolute Gasteiger partial charge is 0.352 e. The molecule has 0 radical (unpaired) electrons. The number of rotatable bonds is 4. The van der Waals surface area contributed by atoms with E-state index in [0.717, 1.165) is 12.8 Å². The maximum atomic E-state index is 12.0. The summed E-state index contributed by atoms with van der Waals surface area (Å²) in [5, 5.41) is 6.04. The van der Waals surface area contributed by atoms with Crippen LogP contribution < -0.4 is 10.6 Å². The normalized spacial score (nSPS) is 24.6. The third-order valence-electron chi connectivity index (χ3n) is 4.58. The Kier molecular flexibility index (Phi) is 5.83. The van der Waals surface area contributed by atoms with E-state index in [4.69, 9.17) is 11.6 Å². The summed E-state index contributed by atoms with van der Waals surface area (Å²) in [7, 11) is 0. The van der Waals surface area contributed by atoms with E-state index < -0.39 is 0 Å². The molecule has 1 aliphatic carbocycles. The lowest BCUT2D eigenvalue weighted by Gasteiger charge is -2.34. The van der Waals surface area contributed by atoms with Gasteiger partial charge in [0.05, 0.1) is 17.1 Å². The van der Waals surface area contributed by atoms with Crippen molar-refractivity contribution in [3.05, 3.63) is 34.9 Å². The zero-order valence-corrected chi connectivity index (χ0v) is 13.8. The van der Waals surface area contributed by atoms with Crippen molar-refractivity contribution in [1.29, 1.82) is 0 Å². The average Bonchev–Trinajstić information content (AvgIpc) is 2.50. The highest BCUT2D eigenvalue weighted by Gasteiger charge is 2.28. The molecule has 0 saturated heterocycles. The van der Waals surface area contributed by atoms with E-state index in [-0.39, 0.29) is 24.4 Å². The fraction of sp³-hybridized carbons (Fsp3) is 0.529. The Bertz CT molecular complexity index is 547. The van der Waals surface area contributed by atoms with Crippen LogP contribution in [0.4, 0.5) is 0 Å². The van der Waals surface area contributed by atoms with Gasteiger partial charge < -0.3 is 10.6 Å². The van der Waals surface area contributed by atoms with Crippen molar-refractivity contribution in [3.8, 4) is 0 Å². The SMILES string of the molecule is C[C@@H]1[C@H](C)CCC[C@@H]1NC(=O)CNC(=O)c1ccccc1Cl. The van der Waals surface area contributed by atoms with Crippen molar-refractivity contribution < 1.29 is 9.59 Å². The van der Waals surface area contributed by atoms with Crippen LogP contribution in [0, 0.1) is 11.8 Å². The molecule has 0 spiro atoms. The van der Waals surface area contributed by atoms with Crippen LogP contribution in [0.15, 0.2) is 24.3 Å². The first-order valence-corrected chi connectivity index (χ1v) is 8.19. The fourth-order valence-electron chi connectivity index (χ4n) is 2.94. The lowest BCUT2D eigenvalue weighted by molar-refractivity contribution is -0.121. The molecule has 120 valence electrons. The Morgan fingerprint density at radius 2 is 1.95 bits per heavy atom. The predicted octanol–water partition coefficient (Wildman–Crippen LogP) is 3.01. The number of hydrogen-bond donors (Lipinski definition) is 2. The van der Waals surface area contributed by atoms with E-state index in [1.165, 1.54) is 6.42 Å². The molecule has 1 aromatic carbocycles. The van der Waals surface area contributed by atoms with Gasteiger partial charge in [0, 0.05) is 6.04 Å². The van der Waals surface area contributed by atoms with Gasteiger partial charge in [-0.2, -0.15) is 0 Å². The Hall–Kier alpha value is -1.55. The van der Waals surface area contributed by atoms with Crippen molar-refractivity contribution in [2.24, 2.45) is 11.8 Å². The van der Waals surface area contributed by atoms with E-state index in [9.17, 15) is 9.59 Å². The molecule has 0 unspecified atom stereocenters. The number of carbonyl (C=O) groups excluding carboxylic acids is 2. The Labute approximate surface area is 136 Å². The van der Waals surface area contributed by atoms with Gasteiger partial charge in [-0.1, -0.05) is 50.4 Å². The third-order valence-corrected chi connectivity index (χ3v) is 4.91. The summed E-state index contributed by atoms with van der Waals surface area (Å²) < 4.78 is 0. The molecule has 1 saturated carbocycles. The lowest BCUT2D eigenvalue weighted by atomic mass is 9.78. The van der Waals surface area contributed by atoms with Gasteiger partial charge >= 0.3 is 0 Å². The molecule has 3 atom stereocenters. The number of halogens is 1. The maximum Gasteiger partial charge on any atom is 0.253 e. The molecule has 1 fully saturated rings. The minimum absolute atomic E-state index is 0.0261. The Balaban J connectivity index is 1.83. The van der Waals surface area contributed by atoms with Crippen LogP contribution in [-0.2, 0) is 4.79 Å². The first-order chi connectivity index (χ1) is 10.5. The number of benzene rings is 1. The first-order valence-electron chi connectivity index (χ1n) is 7.81. The minimum atomic E-state index is -0.328. The second-order valence-corrected chi connectivity index (χ2v) is 6.51. The monoisotopic (exact) mass is 322 g/mol. The molecule has 0 aliphatic heterocycles. The van der Waals surface area contributed by atoms with E-state index in [1.54, 1.807) is 24.3 Å². The summed E-state index contributed by atoms with van der Waals surface area (Å²) in [4.78, 5) is 24.0. The van der Waals surface area contributed by atoms with Gasteiger partial charge in [0.25, 0.3) is 5.91 Å². The van der Waals surface area contributed by atoms with Gasteiger partial charge in [0.1, 0.15) is 0 Å². The van der Waals surface area contributed by atoms with Crippen molar-refractivity contribution in [2.75, 3.05) is 6.54 Å². The Morgan fingerprint density at radius 1 is 1.23 bits per heavy atom. The van der Waals surface area contributed by atoms with Gasteiger partial charge in [-0.05, 0) is 30.4 Å². The zero-order chi connectivity index (χ0) is 16.1. The van der Waals surface area contributed by atoms with E-state index in [1.807, 2.05) is 0 Å². The Morgan fingerprint density at radius 3 is 2.68 bits per heavy atom. The molecule has 1 aromatic rings. The summed E-state index contributed by atoms with van der Waals surface area (Å²) in [6.07, 6.45) is 3.37. The fourth-order valence-corrected chi connectivity index (χ4v) is 3.17. The van der Waals surface area contributed by atoms with Crippen molar-refractivity contribution >= 4 is 23.4 Å². The third kappa shape index (κ3) is 4.23. The molecular formula is C17H23ClN2O2. The number of amides is 2. The number of carbonyl (C=O) groups is 2. The molecular weight excluding hydrogens is 300 g/mol.